The average Bonchev–Trinajstić information content (AvgIpc) is 2.69. The number of nitrogens with zero attached hydrogens (tertiary/aromatic N) is 3. The molecule has 0 saturated heterocycles. The second kappa shape index (κ2) is 7.16. The fraction of sp³-hybridized carbons (Fsp3) is 0.364. The van der Waals surface area contributed by atoms with Crippen LogP contribution in [0.5, 0.6) is 5.75 Å². The van der Waals surface area contributed by atoms with Gasteiger partial charge in [-0.25, -0.2) is 4.98 Å². The van der Waals surface area contributed by atoms with Gasteiger partial charge in [-0.05, 0) is 62.1 Å². The van der Waals surface area contributed by atoms with E-state index >= 15 is 0 Å². The molecule has 1 unspecified atom stereocenters. The van der Waals surface area contributed by atoms with Crippen LogP contribution in [0.25, 0.3) is 5.65 Å². The van der Waals surface area contributed by atoms with Crippen LogP contribution in [0.3, 0.4) is 0 Å². The number of benzene rings is 1. The zero-order chi connectivity index (χ0) is 19.0. The summed E-state index contributed by atoms with van der Waals surface area (Å²) in [6, 6.07) is 12.3. The lowest BCUT2D eigenvalue weighted by Gasteiger charge is -2.35. The maximum absolute atomic E-state index is 12.9. The van der Waals surface area contributed by atoms with Gasteiger partial charge in [0.25, 0.3) is 5.56 Å². The van der Waals surface area contributed by atoms with E-state index in [4.69, 9.17) is 4.74 Å². The molecule has 5 nitrogen and oxygen atoms in total. The Morgan fingerprint density at radius 3 is 2.93 bits per heavy atom. The Morgan fingerprint density at radius 2 is 2.11 bits per heavy atom. The molecule has 140 valence electrons. The maximum atomic E-state index is 12.9. The number of rotatable bonds is 4. The van der Waals surface area contributed by atoms with E-state index < -0.39 is 0 Å². The Morgan fingerprint density at radius 1 is 1.26 bits per heavy atom. The van der Waals surface area contributed by atoms with E-state index in [0.717, 1.165) is 36.5 Å². The molecule has 1 aliphatic rings. The van der Waals surface area contributed by atoms with Gasteiger partial charge in [0.2, 0.25) is 0 Å². The Hall–Kier alpha value is -2.66. The lowest BCUT2D eigenvalue weighted by molar-refractivity contribution is 0.200. The number of hydrogen-bond donors (Lipinski definition) is 0. The first kappa shape index (κ1) is 17.7. The summed E-state index contributed by atoms with van der Waals surface area (Å²) in [5.41, 5.74) is 5.12. The third kappa shape index (κ3) is 3.23. The fourth-order valence-electron chi connectivity index (χ4n) is 4.07. The highest BCUT2D eigenvalue weighted by molar-refractivity contribution is 5.41. The number of fused-ring (bicyclic) bond motifs is 2. The average molecular weight is 363 g/mol. The molecule has 0 saturated carbocycles. The van der Waals surface area contributed by atoms with Gasteiger partial charge < -0.3 is 4.74 Å². The van der Waals surface area contributed by atoms with Crippen LogP contribution in [0.4, 0.5) is 0 Å². The van der Waals surface area contributed by atoms with Crippen LogP contribution in [-0.4, -0.2) is 34.5 Å². The fourth-order valence-corrected chi connectivity index (χ4v) is 4.07. The third-order valence-corrected chi connectivity index (χ3v) is 5.70. The molecule has 5 heteroatoms. The van der Waals surface area contributed by atoms with Crippen LogP contribution < -0.4 is 10.3 Å². The Kier molecular flexibility index (Phi) is 4.70. The van der Waals surface area contributed by atoms with Crippen LogP contribution in [0.1, 0.15) is 35.3 Å². The van der Waals surface area contributed by atoms with Crippen LogP contribution in [0.2, 0.25) is 0 Å². The molecule has 0 bridgehead atoms. The Labute approximate surface area is 159 Å². The molecule has 4 rings (SSSR count). The molecule has 3 aromatic rings. The van der Waals surface area contributed by atoms with Crippen molar-refractivity contribution in [1.82, 2.24) is 14.3 Å². The normalized spacial score (nSPS) is 17.1. The zero-order valence-corrected chi connectivity index (χ0v) is 16.1. The summed E-state index contributed by atoms with van der Waals surface area (Å²) >= 11 is 0. The molecule has 3 heterocycles. The molecule has 1 aromatic carbocycles. The van der Waals surface area contributed by atoms with Gasteiger partial charge >= 0.3 is 0 Å². The summed E-state index contributed by atoms with van der Waals surface area (Å²) in [6.07, 6.45) is 3.51. The van der Waals surface area contributed by atoms with Crippen molar-refractivity contribution < 1.29 is 4.74 Å². The number of aromatic nitrogens is 2. The van der Waals surface area contributed by atoms with E-state index in [0.29, 0.717) is 18.1 Å². The van der Waals surface area contributed by atoms with Crippen LogP contribution in [-0.2, 0) is 12.8 Å². The monoisotopic (exact) mass is 363 g/mol. The Bertz CT molecular complexity index is 1040. The summed E-state index contributed by atoms with van der Waals surface area (Å²) in [5.74, 6) is 0.917. The number of ether oxygens (including phenoxy) is 1. The lowest BCUT2D eigenvalue weighted by Crippen LogP contribution is -2.36. The van der Waals surface area contributed by atoms with E-state index in [2.05, 4.69) is 28.9 Å². The summed E-state index contributed by atoms with van der Waals surface area (Å²) in [7, 11) is 1.71. The van der Waals surface area contributed by atoms with Crippen molar-refractivity contribution in [3.05, 3.63) is 75.3 Å². The van der Waals surface area contributed by atoms with Gasteiger partial charge in [0.1, 0.15) is 11.4 Å². The smallest absolute Gasteiger partial charge is 0.261 e. The van der Waals surface area contributed by atoms with Gasteiger partial charge in [0, 0.05) is 36.6 Å². The number of pyridine rings is 1. The molecule has 0 amide bonds. The van der Waals surface area contributed by atoms with Crippen molar-refractivity contribution in [1.29, 1.82) is 0 Å². The summed E-state index contributed by atoms with van der Waals surface area (Å²) < 4.78 is 6.99. The van der Waals surface area contributed by atoms with Crippen molar-refractivity contribution in [2.24, 2.45) is 0 Å². The van der Waals surface area contributed by atoms with Gasteiger partial charge in [-0.15, -0.1) is 0 Å². The van der Waals surface area contributed by atoms with Crippen molar-refractivity contribution in [3.8, 4) is 5.75 Å². The largest absolute Gasteiger partial charge is 0.497 e. The van der Waals surface area contributed by atoms with Gasteiger partial charge in [-0.3, -0.25) is 14.1 Å². The molecular weight excluding hydrogens is 338 g/mol. The van der Waals surface area contributed by atoms with Crippen molar-refractivity contribution in [2.75, 3.05) is 20.2 Å². The highest BCUT2D eigenvalue weighted by Gasteiger charge is 2.24. The maximum Gasteiger partial charge on any atom is 0.261 e. The predicted octanol–water partition coefficient (Wildman–Crippen LogP) is 3.17. The Balaban J connectivity index is 1.56. The summed E-state index contributed by atoms with van der Waals surface area (Å²) in [5, 5.41) is 0. The molecule has 27 heavy (non-hydrogen) atoms. The number of hydrogen-bond acceptors (Lipinski definition) is 4. The minimum atomic E-state index is 0.0490. The first-order valence-corrected chi connectivity index (χ1v) is 9.46. The second-order valence-corrected chi connectivity index (χ2v) is 7.19. The highest BCUT2D eigenvalue weighted by Crippen LogP contribution is 2.31. The predicted molar refractivity (Wildman–Crippen MR) is 107 cm³/mol. The molecule has 1 atom stereocenters. The first-order valence-electron chi connectivity index (χ1n) is 9.46. The molecule has 0 fully saturated rings. The molecule has 1 aliphatic heterocycles. The van der Waals surface area contributed by atoms with Gasteiger partial charge in [0.15, 0.2) is 0 Å². The van der Waals surface area contributed by atoms with Crippen LogP contribution in [0, 0.1) is 6.92 Å². The van der Waals surface area contributed by atoms with Crippen molar-refractivity contribution in [3.63, 3.8) is 0 Å². The van der Waals surface area contributed by atoms with Gasteiger partial charge in [-0.1, -0.05) is 12.1 Å². The van der Waals surface area contributed by atoms with Crippen LogP contribution >= 0.6 is 0 Å². The van der Waals surface area contributed by atoms with E-state index in [1.165, 1.54) is 11.1 Å². The summed E-state index contributed by atoms with van der Waals surface area (Å²) in [4.78, 5) is 19.9. The number of methoxy groups -OCH3 is 1. The van der Waals surface area contributed by atoms with Gasteiger partial charge in [-0.2, -0.15) is 0 Å². The van der Waals surface area contributed by atoms with E-state index in [1.807, 2.05) is 31.2 Å². The third-order valence-electron chi connectivity index (χ3n) is 5.70. The molecule has 2 aromatic heterocycles. The minimum absolute atomic E-state index is 0.0490. The van der Waals surface area contributed by atoms with E-state index in [-0.39, 0.29) is 5.56 Å². The highest BCUT2D eigenvalue weighted by atomic mass is 16.5. The number of aryl methyl sites for hydroxylation is 1. The van der Waals surface area contributed by atoms with Crippen LogP contribution in [0.15, 0.2) is 47.4 Å². The first-order chi connectivity index (χ1) is 13.1. The molecule has 0 N–H and O–H groups in total. The van der Waals surface area contributed by atoms with Gasteiger partial charge in [0.05, 0.1) is 7.11 Å². The van der Waals surface area contributed by atoms with E-state index in [9.17, 15) is 4.79 Å². The molecule has 0 radical (unpaired) electrons. The van der Waals surface area contributed by atoms with Crippen molar-refractivity contribution >= 4 is 5.65 Å². The van der Waals surface area contributed by atoms with E-state index in [1.54, 1.807) is 17.7 Å². The zero-order valence-electron chi connectivity index (χ0n) is 16.1. The molecule has 0 spiro atoms. The topological polar surface area (TPSA) is 46.8 Å². The molecule has 0 aliphatic carbocycles. The SMILES string of the molecule is COc1ccc2c(c1)CCN(CCc1c(C)nc3ccccn3c1=O)C2C. The molecular formula is C22H25N3O2. The quantitative estimate of drug-likeness (QED) is 0.714. The second-order valence-electron chi connectivity index (χ2n) is 7.19. The minimum Gasteiger partial charge on any atom is -0.497 e. The lowest BCUT2D eigenvalue weighted by atomic mass is 9.93. The van der Waals surface area contributed by atoms with Crippen molar-refractivity contribution in [2.45, 2.75) is 32.7 Å². The summed E-state index contributed by atoms with van der Waals surface area (Å²) in [6.45, 7) is 6.01. The standard InChI is InChI=1S/C22H25N3O2/c1-15-19(22(26)25-11-5-4-6-21(25)23-15)10-13-24-12-9-17-14-18(27-3)7-8-20(17)16(24)2/h4-8,11,14,16H,9-10,12-13H2,1-3H3.